The highest BCUT2D eigenvalue weighted by molar-refractivity contribution is 5.90. The fourth-order valence-electron chi connectivity index (χ4n) is 2.18. The molecule has 0 unspecified atom stereocenters. The molecule has 0 aliphatic rings. The summed E-state index contributed by atoms with van der Waals surface area (Å²) >= 11 is 0. The number of nitrogens with one attached hydrogen (secondary N) is 3. The van der Waals surface area contributed by atoms with Crippen LogP contribution in [0.2, 0.25) is 0 Å². The Morgan fingerprint density at radius 1 is 1.07 bits per heavy atom. The van der Waals surface area contributed by atoms with Crippen molar-refractivity contribution in [2.45, 2.75) is 51.1 Å². The Morgan fingerprint density at radius 2 is 1.71 bits per heavy atom. The standard InChI is InChI=1S/C16H30N6O6/c1-3-4-6-10(22-16(27)28-2)13(24)20-9-12(23)21-11(14(25)26)7-5-8-19-15(17)18/h10-11H,3-9H2,1-2H3,(H,20,24)(H,21,23)(H,22,27)(H,25,26)(H4,17,18,19)/t10-,11-/m0/s1. The summed E-state index contributed by atoms with van der Waals surface area (Å²) in [5, 5.41) is 16.3. The second kappa shape index (κ2) is 14.1. The van der Waals surface area contributed by atoms with E-state index >= 15 is 0 Å². The molecule has 0 rings (SSSR count). The van der Waals surface area contributed by atoms with Gasteiger partial charge in [-0.1, -0.05) is 19.8 Å². The van der Waals surface area contributed by atoms with E-state index in [2.05, 4.69) is 25.7 Å². The molecule has 2 atom stereocenters. The predicted octanol–water partition coefficient (Wildman–Crippen LogP) is -1.36. The number of carboxylic acids is 1. The molecule has 0 saturated carbocycles. The summed E-state index contributed by atoms with van der Waals surface area (Å²) in [4.78, 5) is 50.4. The predicted molar refractivity (Wildman–Crippen MR) is 101 cm³/mol. The van der Waals surface area contributed by atoms with Crippen LogP contribution in [0.1, 0.15) is 39.0 Å². The third-order valence-corrected chi connectivity index (χ3v) is 3.64. The minimum Gasteiger partial charge on any atom is -0.480 e. The molecular formula is C16H30N6O6. The number of aliphatic imine (C=N–C) groups is 1. The summed E-state index contributed by atoms with van der Waals surface area (Å²) in [5.74, 6) is -2.54. The van der Waals surface area contributed by atoms with Crippen molar-refractivity contribution in [1.29, 1.82) is 0 Å². The van der Waals surface area contributed by atoms with E-state index in [4.69, 9.17) is 11.5 Å². The molecule has 0 saturated heterocycles. The third-order valence-electron chi connectivity index (χ3n) is 3.64. The largest absolute Gasteiger partial charge is 0.480 e. The van der Waals surface area contributed by atoms with Gasteiger partial charge in [0.1, 0.15) is 12.1 Å². The molecule has 0 radical (unpaired) electrons. The van der Waals surface area contributed by atoms with Crippen molar-refractivity contribution in [2.24, 2.45) is 16.5 Å². The quantitative estimate of drug-likeness (QED) is 0.123. The van der Waals surface area contributed by atoms with Gasteiger partial charge >= 0.3 is 12.1 Å². The lowest BCUT2D eigenvalue weighted by Crippen LogP contribution is -2.50. The molecule has 28 heavy (non-hydrogen) atoms. The first-order valence-electron chi connectivity index (χ1n) is 8.91. The van der Waals surface area contributed by atoms with Crippen molar-refractivity contribution in [2.75, 3.05) is 20.2 Å². The van der Waals surface area contributed by atoms with Gasteiger partial charge < -0.3 is 37.3 Å². The fourth-order valence-corrected chi connectivity index (χ4v) is 2.18. The Balaban J connectivity index is 4.55. The normalized spacial score (nSPS) is 12.2. The van der Waals surface area contributed by atoms with Gasteiger partial charge in [-0.25, -0.2) is 9.59 Å². The minimum atomic E-state index is -1.21. The number of hydrogen-bond acceptors (Lipinski definition) is 6. The summed E-state index contributed by atoms with van der Waals surface area (Å²) in [6.45, 7) is 1.73. The highest BCUT2D eigenvalue weighted by Gasteiger charge is 2.23. The fraction of sp³-hybridized carbons (Fsp3) is 0.688. The summed E-state index contributed by atoms with van der Waals surface area (Å²) in [7, 11) is 1.18. The first-order valence-corrected chi connectivity index (χ1v) is 8.91. The number of alkyl carbamates (subject to hydrolysis) is 1. The lowest BCUT2D eigenvalue weighted by atomic mass is 10.1. The van der Waals surface area contributed by atoms with Crippen LogP contribution >= 0.6 is 0 Å². The highest BCUT2D eigenvalue weighted by atomic mass is 16.5. The topological polar surface area (TPSA) is 198 Å². The smallest absolute Gasteiger partial charge is 0.407 e. The van der Waals surface area contributed by atoms with Gasteiger partial charge in [-0.3, -0.25) is 14.6 Å². The van der Waals surface area contributed by atoms with Gasteiger partial charge in [0.15, 0.2) is 5.96 Å². The molecule has 12 heteroatoms. The number of ether oxygens (including phenoxy) is 1. The Labute approximate surface area is 163 Å². The first-order chi connectivity index (χ1) is 13.2. The Hall–Kier alpha value is -3.05. The summed E-state index contributed by atoms with van der Waals surface area (Å²) < 4.78 is 4.48. The number of nitrogens with zero attached hydrogens (tertiary/aromatic N) is 1. The number of nitrogens with two attached hydrogens (primary N) is 2. The molecule has 0 aliphatic heterocycles. The van der Waals surface area contributed by atoms with Gasteiger partial charge in [0.25, 0.3) is 0 Å². The number of guanidine groups is 1. The number of aliphatic carboxylic acids is 1. The number of rotatable bonds is 13. The number of amides is 3. The van der Waals surface area contributed by atoms with E-state index in [0.29, 0.717) is 19.3 Å². The van der Waals surface area contributed by atoms with Crippen LogP contribution in [0.15, 0.2) is 4.99 Å². The van der Waals surface area contributed by atoms with Crippen molar-refractivity contribution in [3.05, 3.63) is 0 Å². The van der Waals surface area contributed by atoms with Crippen LogP contribution in [0.3, 0.4) is 0 Å². The molecular weight excluding hydrogens is 372 g/mol. The number of carbonyl (C=O) groups excluding carboxylic acids is 3. The molecule has 0 fully saturated rings. The summed E-state index contributed by atoms with van der Waals surface area (Å²) in [5.41, 5.74) is 10.4. The van der Waals surface area contributed by atoms with Crippen LogP contribution in [0, 0.1) is 0 Å². The molecule has 0 heterocycles. The van der Waals surface area contributed by atoms with Crippen LogP contribution in [-0.4, -0.2) is 67.2 Å². The molecule has 0 aromatic heterocycles. The second-order valence-corrected chi connectivity index (χ2v) is 5.96. The maximum atomic E-state index is 12.2. The second-order valence-electron chi connectivity index (χ2n) is 5.96. The zero-order valence-electron chi connectivity index (χ0n) is 16.2. The van der Waals surface area contributed by atoms with Gasteiger partial charge in [0.2, 0.25) is 11.8 Å². The van der Waals surface area contributed by atoms with E-state index in [1.807, 2.05) is 6.92 Å². The van der Waals surface area contributed by atoms with Gasteiger partial charge in [-0.05, 0) is 19.3 Å². The van der Waals surface area contributed by atoms with Crippen LogP contribution in [-0.2, 0) is 19.1 Å². The van der Waals surface area contributed by atoms with Crippen molar-refractivity contribution in [3.63, 3.8) is 0 Å². The molecule has 160 valence electrons. The summed E-state index contributed by atoms with van der Waals surface area (Å²) in [6, 6.07) is -1.99. The summed E-state index contributed by atoms with van der Waals surface area (Å²) in [6.07, 6.45) is 1.59. The lowest BCUT2D eigenvalue weighted by Gasteiger charge is -2.18. The molecule has 0 aromatic rings. The number of carbonyl (C=O) groups is 4. The molecule has 0 spiro atoms. The molecule has 8 N–H and O–H groups in total. The molecule has 0 aromatic carbocycles. The number of unbranched alkanes of at least 4 members (excludes halogenated alkanes) is 1. The minimum absolute atomic E-state index is 0.100. The van der Waals surface area contributed by atoms with Gasteiger partial charge in [-0.15, -0.1) is 0 Å². The van der Waals surface area contributed by atoms with E-state index in [9.17, 15) is 24.3 Å². The SMILES string of the molecule is CCCC[C@H](NC(=O)OC)C(=O)NCC(=O)N[C@@H](CCCN=C(N)N)C(=O)O. The molecule has 3 amide bonds. The van der Waals surface area contributed by atoms with Crippen molar-refractivity contribution in [1.82, 2.24) is 16.0 Å². The lowest BCUT2D eigenvalue weighted by molar-refractivity contribution is -0.142. The zero-order valence-corrected chi connectivity index (χ0v) is 16.2. The van der Waals surface area contributed by atoms with Crippen molar-refractivity contribution in [3.8, 4) is 0 Å². The monoisotopic (exact) mass is 402 g/mol. The van der Waals surface area contributed by atoms with E-state index in [1.54, 1.807) is 0 Å². The molecule has 0 aliphatic carbocycles. The van der Waals surface area contributed by atoms with E-state index in [1.165, 1.54) is 7.11 Å². The average molecular weight is 402 g/mol. The first kappa shape index (κ1) is 24.9. The van der Waals surface area contributed by atoms with Crippen LogP contribution in [0.5, 0.6) is 0 Å². The van der Waals surface area contributed by atoms with Gasteiger partial charge in [0.05, 0.1) is 13.7 Å². The number of methoxy groups -OCH3 is 1. The van der Waals surface area contributed by atoms with E-state index < -0.39 is 42.5 Å². The van der Waals surface area contributed by atoms with Crippen LogP contribution < -0.4 is 27.4 Å². The highest BCUT2D eigenvalue weighted by Crippen LogP contribution is 2.02. The maximum absolute atomic E-state index is 12.2. The molecule has 0 bridgehead atoms. The molecule has 12 nitrogen and oxygen atoms in total. The Morgan fingerprint density at radius 3 is 2.25 bits per heavy atom. The third kappa shape index (κ3) is 11.5. The van der Waals surface area contributed by atoms with Gasteiger partial charge in [0, 0.05) is 6.54 Å². The maximum Gasteiger partial charge on any atom is 0.407 e. The zero-order chi connectivity index (χ0) is 21.5. The average Bonchev–Trinajstić information content (AvgIpc) is 2.64. The van der Waals surface area contributed by atoms with Gasteiger partial charge in [-0.2, -0.15) is 0 Å². The number of carboxylic acid groups (broad SMARTS) is 1. The van der Waals surface area contributed by atoms with Crippen molar-refractivity contribution >= 4 is 29.8 Å². The van der Waals surface area contributed by atoms with E-state index in [-0.39, 0.29) is 18.9 Å². The van der Waals surface area contributed by atoms with E-state index in [0.717, 1.165) is 6.42 Å². The number of hydrogen-bond donors (Lipinski definition) is 6. The van der Waals surface area contributed by atoms with Crippen molar-refractivity contribution < 1.29 is 29.0 Å². The van der Waals surface area contributed by atoms with Crippen LogP contribution in [0.25, 0.3) is 0 Å². The Kier molecular flexibility index (Phi) is 12.5. The van der Waals surface area contributed by atoms with Crippen LogP contribution in [0.4, 0.5) is 4.79 Å². The Bertz CT molecular complexity index is 564.